The fraction of sp³-hybridized carbons (Fsp3) is 0.471. The fourth-order valence-electron chi connectivity index (χ4n) is 2.76. The standard InChI is InChI=1S/C17H19F3N2O4/c1-10(15(24)26-16(25)17(18,19)20)22-14(23)13-9-12(7-8-21-13)11-5-3-2-4-6-11/h2-6,10,12-13,21H,7-9H2,1H3,(H,22,23)/t10-,12-,13+/m0/s1. The van der Waals surface area contributed by atoms with Gasteiger partial charge in [0.15, 0.2) is 0 Å². The minimum atomic E-state index is -5.27. The first kappa shape index (κ1) is 19.9. The molecule has 1 heterocycles. The Morgan fingerprint density at radius 3 is 2.50 bits per heavy atom. The quantitative estimate of drug-likeness (QED) is 0.620. The van der Waals surface area contributed by atoms with Crippen LogP contribution in [0.15, 0.2) is 30.3 Å². The van der Waals surface area contributed by atoms with Gasteiger partial charge in [-0.15, -0.1) is 0 Å². The highest BCUT2D eigenvalue weighted by Crippen LogP contribution is 2.27. The first-order chi connectivity index (χ1) is 12.2. The van der Waals surface area contributed by atoms with Crippen LogP contribution >= 0.6 is 0 Å². The average molecular weight is 372 g/mol. The van der Waals surface area contributed by atoms with E-state index in [-0.39, 0.29) is 5.92 Å². The van der Waals surface area contributed by atoms with Gasteiger partial charge in [0.2, 0.25) is 5.91 Å². The molecule has 3 atom stereocenters. The molecule has 0 saturated carbocycles. The van der Waals surface area contributed by atoms with Crippen molar-refractivity contribution in [3.8, 4) is 0 Å². The van der Waals surface area contributed by atoms with Crippen molar-refractivity contribution in [2.75, 3.05) is 6.54 Å². The van der Waals surface area contributed by atoms with Gasteiger partial charge in [0, 0.05) is 0 Å². The van der Waals surface area contributed by atoms with Crippen LogP contribution in [0.1, 0.15) is 31.2 Å². The normalized spacial score (nSPS) is 21.5. The zero-order valence-corrected chi connectivity index (χ0v) is 14.0. The van der Waals surface area contributed by atoms with Crippen LogP contribution in [-0.4, -0.2) is 42.7 Å². The summed E-state index contributed by atoms with van der Waals surface area (Å²) in [6.07, 6.45) is -3.95. The van der Waals surface area contributed by atoms with E-state index >= 15 is 0 Å². The molecule has 2 rings (SSSR count). The zero-order valence-electron chi connectivity index (χ0n) is 14.0. The molecule has 2 N–H and O–H groups in total. The highest BCUT2D eigenvalue weighted by molar-refractivity contribution is 5.93. The van der Waals surface area contributed by atoms with Crippen molar-refractivity contribution < 1.29 is 32.3 Å². The van der Waals surface area contributed by atoms with Gasteiger partial charge in [0.25, 0.3) is 0 Å². The van der Waals surface area contributed by atoms with E-state index < -0.39 is 36.1 Å². The lowest BCUT2D eigenvalue weighted by Gasteiger charge is -2.30. The molecule has 1 aromatic rings. The summed E-state index contributed by atoms with van der Waals surface area (Å²) in [5.41, 5.74) is 1.09. The van der Waals surface area contributed by atoms with E-state index in [4.69, 9.17) is 0 Å². The largest absolute Gasteiger partial charge is 0.491 e. The molecule has 0 radical (unpaired) electrons. The molecule has 26 heavy (non-hydrogen) atoms. The van der Waals surface area contributed by atoms with Crippen molar-refractivity contribution in [2.24, 2.45) is 0 Å². The monoisotopic (exact) mass is 372 g/mol. The number of nitrogens with one attached hydrogen (secondary N) is 2. The third-order valence-corrected chi connectivity index (χ3v) is 4.13. The molecule has 9 heteroatoms. The van der Waals surface area contributed by atoms with Crippen LogP contribution in [0.3, 0.4) is 0 Å². The molecule has 1 saturated heterocycles. The van der Waals surface area contributed by atoms with Crippen LogP contribution < -0.4 is 10.6 Å². The van der Waals surface area contributed by atoms with Crippen LogP contribution in [0.2, 0.25) is 0 Å². The number of piperidine rings is 1. The number of amides is 1. The molecular weight excluding hydrogens is 353 g/mol. The van der Waals surface area contributed by atoms with Gasteiger partial charge in [-0.1, -0.05) is 30.3 Å². The highest BCUT2D eigenvalue weighted by atomic mass is 19.4. The summed E-state index contributed by atoms with van der Waals surface area (Å²) in [7, 11) is 0. The van der Waals surface area contributed by atoms with E-state index in [0.717, 1.165) is 18.9 Å². The molecule has 0 aromatic heterocycles. The van der Waals surface area contributed by atoms with Gasteiger partial charge in [-0.2, -0.15) is 13.2 Å². The van der Waals surface area contributed by atoms with E-state index in [9.17, 15) is 27.6 Å². The smallest absolute Gasteiger partial charge is 0.385 e. The van der Waals surface area contributed by atoms with Crippen LogP contribution in [0, 0.1) is 0 Å². The second-order valence-electron chi connectivity index (χ2n) is 6.08. The summed E-state index contributed by atoms with van der Waals surface area (Å²) in [5.74, 6) is -4.45. The van der Waals surface area contributed by atoms with Crippen molar-refractivity contribution in [3.63, 3.8) is 0 Å². The second kappa shape index (κ2) is 8.31. The first-order valence-electron chi connectivity index (χ1n) is 8.10. The number of halogens is 3. The molecule has 0 bridgehead atoms. The Morgan fingerprint density at radius 1 is 1.23 bits per heavy atom. The topological polar surface area (TPSA) is 84.5 Å². The Bertz CT molecular complexity index is 664. The van der Waals surface area contributed by atoms with Gasteiger partial charge in [0.1, 0.15) is 6.04 Å². The minimum Gasteiger partial charge on any atom is -0.385 e. The molecular formula is C17H19F3N2O4. The van der Waals surface area contributed by atoms with E-state index in [1.54, 1.807) is 0 Å². The Balaban J connectivity index is 1.90. The molecule has 6 nitrogen and oxygen atoms in total. The molecule has 1 aliphatic heterocycles. The molecule has 142 valence electrons. The number of carbonyl (C=O) groups is 3. The lowest BCUT2D eigenvalue weighted by molar-refractivity contribution is -0.202. The molecule has 0 unspecified atom stereocenters. The summed E-state index contributed by atoms with van der Waals surface area (Å²) in [4.78, 5) is 34.5. The SMILES string of the molecule is C[C@H](NC(=O)[C@H]1C[C@@H](c2ccccc2)CCN1)C(=O)OC(=O)C(F)(F)F. The summed E-state index contributed by atoms with van der Waals surface area (Å²) in [5, 5.41) is 5.30. The Labute approximate surface area is 148 Å². The number of alkyl halides is 3. The van der Waals surface area contributed by atoms with Crippen molar-refractivity contribution in [3.05, 3.63) is 35.9 Å². The molecule has 0 spiro atoms. The van der Waals surface area contributed by atoms with Crippen LogP contribution in [0.5, 0.6) is 0 Å². The van der Waals surface area contributed by atoms with Gasteiger partial charge in [-0.3, -0.25) is 4.79 Å². The predicted molar refractivity (Wildman–Crippen MR) is 85.0 cm³/mol. The Morgan fingerprint density at radius 2 is 1.88 bits per heavy atom. The number of hydrogen-bond donors (Lipinski definition) is 2. The Hall–Kier alpha value is -2.42. The molecule has 0 aliphatic carbocycles. The minimum absolute atomic E-state index is 0.155. The van der Waals surface area contributed by atoms with Gasteiger partial charge < -0.3 is 15.4 Å². The summed E-state index contributed by atoms with van der Waals surface area (Å²) < 4.78 is 40.0. The molecule has 1 aliphatic rings. The van der Waals surface area contributed by atoms with Crippen LogP contribution in [0.4, 0.5) is 13.2 Å². The zero-order chi connectivity index (χ0) is 19.3. The fourth-order valence-corrected chi connectivity index (χ4v) is 2.76. The summed E-state index contributed by atoms with van der Waals surface area (Å²) >= 11 is 0. The maximum absolute atomic E-state index is 12.3. The van der Waals surface area contributed by atoms with Crippen LogP contribution in [-0.2, 0) is 19.1 Å². The lowest BCUT2D eigenvalue weighted by Crippen LogP contribution is -2.52. The lowest BCUT2D eigenvalue weighted by atomic mass is 9.86. The third-order valence-electron chi connectivity index (χ3n) is 4.13. The van der Waals surface area contributed by atoms with Gasteiger partial charge >= 0.3 is 18.1 Å². The van der Waals surface area contributed by atoms with Crippen molar-refractivity contribution >= 4 is 17.8 Å². The second-order valence-corrected chi connectivity index (χ2v) is 6.08. The number of ether oxygens (including phenoxy) is 1. The maximum Gasteiger partial charge on any atom is 0.491 e. The molecule has 1 aromatic carbocycles. The Kier molecular flexibility index (Phi) is 6.36. The number of hydrogen-bond acceptors (Lipinski definition) is 5. The first-order valence-corrected chi connectivity index (χ1v) is 8.10. The predicted octanol–water partition coefficient (Wildman–Crippen LogP) is 1.66. The molecule has 1 fully saturated rings. The average Bonchev–Trinajstić information content (AvgIpc) is 2.61. The van der Waals surface area contributed by atoms with Crippen LogP contribution in [0.25, 0.3) is 0 Å². The number of rotatable bonds is 4. The van der Waals surface area contributed by atoms with E-state index in [1.165, 1.54) is 0 Å². The maximum atomic E-state index is 12.3. The highest BCUT2D eigenvalue weighted by Gasteiger charge is 2.43. The van der Waals surface area contributed by atoms with Crippen molar-refractivity contribution in [1.29, 1.82) is 0 Å². The number of carbonyl (C=O) groups excluding carboxylic acids is 3. The van der Waals surface area contributed by atoms with Gasteiger partial charge in [0.05, 0.1) is 6.04 Å². The van der Waals surface area contributed by atoms with E-state index in [1.807, 2.05) is 30.3 Å². The van der Waals surface area contributed by atoms with Crippen molar-refractivity contribution in [2.45, 2.75) is 43.9 Å². The summed E-state index contributed by atoms with van der Waals surface area (Å²) in [6.45, 7) is 1.74. The van der Waals surface area contributed by atoms with Gasteiger partial charge in [-0.05, 0) is 37.8 Å². The summed E-state index contributed by atoms with van der Waals surface area (Å²) in [6, 6.07) is 7.66. The van der Waals surface area contributed by atoms with E-state index in [0.29, 0.717) is 13.0 Å². The number of esters is 2. The third kappa shape index (κ3) is 5.29. The molecule has 1 amide bonds. The van der Waals surface area contributed by atoms with E-state index in [2.05, 4.69) is 15.4 Å². The number of benzene rings is 1. The van der Waals surface area contributed by atoms with Gasteiger partial charge in [-0.25, -0.2) is 9.59 Å². The van der Waals surface area contributed by atoms with Crippen molar-refractivity contribution in [1.82, 2.24) is 10.6 Å².